The monoisotopic (exact) mass is 373 g/mol. The van der Waals surface area contributed by atoms with Gasteiger partial charge in [-0.3, -0.25) is 0 Å². The van der Waals surface area contributed by atoms with Gasteiger partial charge in [-0.05, 0) is 38.8 Å². The summed E-state index contributed by atoms with van der Waals surface area (Å²) in [5, 5.41) is 10.1. The minimum atomic E-state index is -0.535. The van der Waals surface area contributed by atoms with E-state index in [-0.39, 0.29) is 17.6 Å². The summed E-state index contributed by atoms with van der Waals surface area (Å²) in [4.78, 5) is 14.5. The highest BCUT2D eigenvalue weighted by atomic mass is 16.6. The van der Waals surface area contributed by atoms with Gasteiger partial charge in [0.25, 0.3) is 0 Å². The number of aliphatic hydroxyl groups is 1. The molecule has 1 aromatic rings. The van der Waals surface area contributed by atoms with Crippen molar-refractivity contribution in [3.63, 3.8) is 0 Å². The second-order valence-corrected chi connectivity index (χ2v) is 8.59. The maximum Gasteiger partial charge on any atom is 0.410 e. The summed E-state index contributed by atoms with van der Waals surface area (Å²) in [7, 11) is 1.63. The SMILES string of the molecule is COc1ccc2c3c1O[C@H]1CC(O)C=C[C@@]31CCN(C(=O)OC(C)(C)C)C2. The van der Waals surface area contributed by atoms with Gasteiger partial charge in [0.05, 0.1) is 18.6 Å². The van der Waals surface area contributed by atoms with Crippen molar-refractivity contribution in [2.45, 2.75) is 63.4 Å². The van der Waals surface area contributed by atoms with Gasteiger partial charge >= 0.3 is 6.09 Å². The molecule has 1 amide bonds. The standard InChI is InChI=1S/C21H27NO5/c1-20(2,3)27-19(24)22-10-9-21-8-7-14(23)11-16(21)26-18-15(25-4)6-5-13(12-22)17(18)21/h5-8,14,16,23H,9-12H2,1-4H3/t14?,16-,21-/m0/s1. The highest BCUT2D eigenvalue weighted by molar-refractivity contribution is 5.69. The number of methoxy groups -OCH3 is 1. The first-order chi connectivity index (χ1) is 12.7. The molecule has 1 aliphatic carbocycles. The summed E-state index contributed by atoms with van der Waals surface area (Å²) in [6.45, 7) is 6.65. The van der Waals surface area contributed by atoms with Crippen LogP contribution in [-0.2, 0) is 16.7 Å². The molecule has 1 unspecified atom stereocenters. The number of rotatable bonds is 1. The Morgan fingerprint density at radius 2 is 2.15 bits per heavy atom. The van der Waals surface area contributed by atoms with E-state index in [1.54, 1.807) is 12.0 Å². The molecule has 0 bridgehead atoms. The van der Waals surface area contributed by atoms with Gasteiger partial charge < -0.3 is 24.2 Å². The van der Waals surface area contributed by atoms with Crippen LogP contribution in [0.4, 0.5) is 4.79 Å². The number of amides is 1. The minimum absolute atomic E-state index is 0.166. The van der Waals surface area contributed by atoms with Crippen molar-refractivity contribution in [3.8, 4) is 11.5 Å². The van der Waals surface area contributed by atoms with Crippen LogP contribution in [0.1, 0.15) is 44.7 Å². The molecule has 3 atom stereocenters. The maximum absolute atomic E-state index is 12.7. The Morgan fingerprint density at radius 1 is 1.37 bits per heavy atom. The van der Waals surface area contributed by atoms with Crippen LogP contribution < -0.4 is 9.47 Å². The van der Waals surface area contributed by atoms with Gasteiger partial charge in [-0.2, -0.15) is 0 Å². The van der Waals surface area contributed by atoms with E-state index in [0.717, 1.165) is 16.9 Å². The van der Waals surface area contributed by atoms with Crippen molar-refractivity contribution < 1.29 is 24.1 Å². The highest BCUT2D eigenvalue weighted by Crippen LogP contribution is 2.55. The first kappa shape index (κ1) is 18.2. The first-order valence-corrected chi connectivity index (χ1v) is 9.46. The zero-order valence-corrected chi connectivity index (χ0v) is 16.3. The number of nitrogens with zero attached hydrogens (tertiary/aromatic N) is 1. The summed E-state index contributed by atoms with van der Waals surface area (Å²) >= 11 is 0. The van der Waals surface area contributed by atoms with E-state index in [4.69, 9.17) is 14.2 Å². The van der Waals surface area contributed by atoms with Gasteiger partial charge in [0.15, 0.2) is 11.5 Å². The molecule has 0 radical (unpaired) electrons. The van der Waals surface area contributed by atoms with Gasteiger partial charge in [-0.15, -0.1) is 0 Å². The molecule has 6 nitrogen and oxygen atoms in total. The van der Waals surface area contributed by atoms with Crippen LogP contribution >= 0.6 is 0 Å². The smallest absolute Gasteiger partial charge is 0.410 e. The molecule has 0 saturated carbocycles. The molecule has 0 fully saturated rings. The predicted octanol–water partition coefficient (Wildman–Crippen LogP) is 3.16. The zero-order valence-electron chi connectivity index (χ0n) is 16.3. The molecule has 0 aromatic heterocycles. The van der Waals surface area contributed by atoms with Crippen LogP contribution in [0.5, 0.6) is 11.5 Å². The fourth-order valence-corrected chi connectivity index (χ4v) is 4.42. The van der Waals surface area contributed by atoms with Crippen LogP contribution in [0.25, 0.3) is 0 Å². The van der Waals surface area contributed by atoms with E-state index in [9.17, 15) is 9.90 Å². The largest absolute Gasteiger partial charge is 0.493 e. The van der Waals surface area contributed by atoms with Crippen molar-refractivity contribution in [2.75, 3.05) is 13.7 Å². The third-order valence-electron chi connectivity index (χ3n) is 5.61. The van der Waals surface area contributed by atoms with E-state index in [0.29, 0.717) is 31.7 Å². The van der Waals surface area contributed by atoms with Crippen molar-refractivity contribution in [1.29, 1.82) is 0 Å². The number of carbonyl (C=O) groups is 1. The number of hydrogen-bond donors (Lipinski definition) is 1. The molecular weight excluding hydrogens is 346 g/mol. The molecule has 6 heteroatoms. The van der Waals surface area contributed by atoms with Crippen molar-refractivity contribution in [1.82, 2.24) is 4.90 Å². The minimum Gasteiger partial charge on any atom is -0.493 e. The lowest BCUT2D eigenvalue weighted by Crippen LogP contribution is -2.43. The summed E-state index contributed by atoms with van der Waals surface area (Å²) in [5.41, 5.74) is 1.24. The molecule has 146 valence electrons. The zero-order chi connectivity index (χ0) is 19.4. The lowest BCUT2D eigenvalue weighted by atomic mass is 9.69. The van der Waals surface area contributed by atoms with E-state index in [1.807, 2.05) is 39.0 Å². The first-order valence-electron chi connectivity index (χ1n) is 9.46. The third-order valence-corrected chi connectivity index (χ3v) is 5.61. The fraction of sp³-hybridized carbons (Fsp3) is 0.571. The summed E-state index contributed by atoms with van der Waals surface area (Å²) in [5.74, 6) is 1.43. The molecule has 2 aliphatic heterocycles. The quantitative estimate of drug-likeness (QED) is 0.766. The Bertz CT molecular complexity index is 796. The molecule has 1 spiro atoms. The van der Waals surface area contributed by atoms with E-state index < -0.39 is 11.7 Å². The van der Waals surface area contributed by atoms with Gasteiger partial charge in [0.1, 0.15) is 11.7 Å². The van der Waals surface area contributed by atoms with E-state index >= 15 is 0 Å². The normalized spacial score (nSPS) is 28.7. The number of hydrogen-bond acceptors (Lipinski definition) is 5. The second-order valence-electron chi connectivity index (χ2n) is 8.59. The predicted molar refractivity (Wildman–Crippen MR) is 100 cm³/mol. The van der Waals surface area contributed by atoms with Crippen LogP contribution in [0.3, 0.4) is 0 Å². The summed E-state index contributed by atoms with van der Waals surface area (Å²) in [6.07, 6.45) is 4.17. The van der Waals surface area contributed by atoms with Gasteiger partial charge in [0.2, 0.25) is 0 Å². The Balaban J connectivity index is 1.77. The lowest BCUT2D eigenvalue weighted by molar-refractivity contribution is 0.0212. The molecule has 1 N–H and O–H groups in total. The van der Waals surface area contributed by atoms with Crippen LogP contribution in [-0.4, -0.2) is 47.6 Å². The van der Waals surface area contributed by atoms with Crippen molar-refractivity contribution >= 4 is 6.09 Å². The molecule has 4 rings (SSSR count). The fourth-order valence-electron chi connectivity index (χ4n) is 4.42. The maximum atomic E-state index is 12.7. The molecule has 2 heterocycles. The third kappa shape index (κ3) is 2.96. The second kappa shape index (κ2) is 6.16. The van der Waals surface area contributed by atoms with Crippen molar-refractivity contribution in [3.05, 3.63) is 35.4 Å². The van der Waals surface area contributed by atoms with Crippen molar-refractivity contribution in [2.24, 2.45) is 0 Å². The van der Waals surface area contributed by atoms with E-state index in [1.165, 1.54) is 0 Å². The Hall–Kier alpha value is -2.21. The lowest BCUT2D eigenvalue weighted by Gasteiger charge is -2.35. The number of aliphatic hydroxyl groups excluding tert-OH is 1. The summed E-state index contributed by atoms with van der Waals surface area (Å²) in [6, 6.07) is 3.89. The topological polar surface area (TPSA) is 68.2 Å². The molecule has 0 saturated heterocycles. The average molecular weight is 373 g/mol. The Kier molecular flexibility index (Phi) is 4.14. The molecule has 27 heavy (non-hydrogen) atoms. The number of ether oxygens (including phenoxy) is 3. The van der Waals surface area contributed by atoms with Crippen LogP contribution in [0.15, 0.2) is 24.3 Å². The molecule has 3 aliphatic rings. The molecule has 1 aromatic carbocycles. The van der Waals surface area contributed by atoms with Crippen LogP contribution in [0.2, 0.25) is 0 Å². The average Bonchev–Trinajstić information content (AvgIpc) is 2.81. The van der Waals surface area contributed by atoms with Gasteiger partial charge in [0, 0.05) is 25.1 Å². The highest BCUT2D eigenvalue weighted by Gasteiger charge is 2.53. The Morgan fingerprint density at radius 3 is 2.85 bits per heavy atom. The van der Waals surface area contributed by atoms with Gasteiger partial charge in [-0.1, -0.05) is 18.2 Å². The number of carbonyl (C=O) groups excluding carboxylic acids is 1. The van der Waals surface area contributed by atoms with Crippen LogP contribution in [0, 0.1) is 0 Å². The Labute approximate surface area is 159 Å². The van der Waals surface area contributed by atoms with E-state index in [2.05, 4.69) is 6.08 Å². The molecular formula is C21H27NO5. The number of benzene rings is 1. The summed E-state index contributed by atoms with van der Waals surface area (Å²) < 4.78 is 17.4. The van der Waals surface area contributed by atoms with Gasteiger partial charge in [-0.25, -0.2) is 4.79 Å².